The summed E-state index contributed by atoms with van der Waals surface area (Å²) in [6.07, 6.45) is -4.73. The molecule has 2 rings (SSSR count). The Bertz CT molecular complexity index is 845. The fourth-order valence-corrected chi connectivity index (χ4v) is 4.49. The minimum absolute atomic E-state index is 0.0617. The first-order chi connectivity index (χ1) is 13.5. The molecule has 5 atom stereocenters. The predicted molar refractivity (Wildman–Crippen MR) is 95.4 cm³/mol. The zero-order valence-electron chi connectivity index (χ0n) is 15.1. The van der Waals surface area contributed by atoms with E-state index in [9.17, 15) is 24.1 Å². The van der Waals surface area contributed by atoms with E-state index in [4.69, 9.17) is 29.3 Å². The number of rotatable bonds is 10. The Morgan fingerprint density at radius 2 is 2.00 bits per heavy atom. The van der Waals surface area contributed by atoms with Crippen molar-refractivity contribution < 1.29 is 47.2 Å². The smallest absolute Gasteiger partial charge is 0.387 e. The zero-order valence-corrected chi connectivity index (χ0v) is 16.9. The predicted octanol–water partition coefficient (Wildman–Crippen LogP) is -2.09. The van der Waals surface area contributed by atoms with Crippen LogP contribution in [0.2, 0.25) is 0 Å². The maximum absolute atomic E-state index is 12.4. The lowest BCUT2D eigenvalue weighted by molar-refractivity contribution is -0.0550. The van der Waals surface area contributed by atoms with Crippen molar-refractivity contribution in [2.45, 2.75) is 24.5 Å². The zero-order chi connectivity index (χ0) is 21.8. The van der Waals surface area contributed by atoms with Crippen LogP contribution < -0.4 is 16.7 Å². The van der Waals surface area contributed by atoms with Crippen LogP contribution >= 0.6 is 15.6 Å². The minimum atomic E-state index is -5.25. The highest BCUT2D eigenvalue weighted by atomic mass is 31.3. The molecule has 1 fully saturated rings. The second kappa shape index (κ2) is 9.73. The summed E-state index contributed by atoms with van der Waals surface area (Å²) in [5, 5.41) is 22.9. The maximum Gasteiger partial charge on any atom is 0.483 e. The van der Waals surface area contributed by atoms with Gasteiger partial charge in [0, 0.05) is 12.7 Å². The molecule has 1 unspecified atom stereocenters. The summed E-state index contributed by atoms with van der Waals surface area (Å²) < 4.78 is 43.5. The molecule has 0 aliphatic carbocycles. The molecule has 15 nitrogen and oxygen atoms in total. The summed E-state index contributed by atoms with van der Waals surface area (Å²) in [5.74, 6) is -0.0617. The number of nitrogen functional groups attached to an aromatic ring is 1. The standard InChI is InChI=1S/C12H22N4O11P2/c1-14-3-5-24-29(23,27-28(20,21)22)25-6-7-9(17)10(18)11(26-7)16-4-2-8(13)15-12(16)19/h2,4,7,9-11,14,17-18H,3,5-6H2,1H3,(H2,13,15,19)(H2,20,21,22)/t7-,9-,10-,11-,29?/m1/s1. The molecule has 1 saturated heterocycles. The van der Waals surface area contributed by atoms with Crippen LogP contribution in [-0.2, 0) is 27.2 Å². The van der Waals surface area contributed by atoms with Crippen molar-refractivity contribution in [2.24, 2.45) is 0 Å². The summed E-state index contributed by atoms with van der Waals surface area (Å²) in [6.45, 7) is -0.865. The molecule has 0 saturated carbocycles. The van der Waals surface area contributed by atoms with Gasteiger partial charge in [-0.15, -0.1) is 0 Å². The summed E-state index contributed by atoms with van der Waals surface area (Å²) in [4.78, 5) is 33.2. The fourth-order valence-electron chi connectivity index (χ4n) is 2.36. The second-order valence-electron chi connectivity index (χ2n) is 5.84. The van der Waals surface area contributed by atoms with Crippen LogP contribution in [0, 0.1) is 0 Å². The van der Waals surface area contributed by atoms with Crippen molar-refractivity contribution in [3.05, 3.63) is 22.7 Å². The molecule has 1 aliphatic heterocycles. The van der Waals surface area contributed by atoms with Gasteiger partial charge in [0.1, 0.15) is 24.1 Å². The van der Waals surface area contributed by atoms with Gasteiger partial charge in [-0.3, -0.25) is 13.6 Å². The van der Waals surface area contributed by atoms with Crippen LogP contribution in [-0.4, -0.2) is 74.7 Å². The third-order valence-corrected chi connectivity index (χ3v) is 6.28. The quantitative estimate of drug-likeness (QED) is 0.163. The molecule has 1 aliphatic rings. The summed E-state index contributed by atoms with van der Waals surface area (Å²) in [5.41, 5.74) is 4.53. The highest BCUT2D eigenvalue weighted by Gasteiger charge is 2.46. The number of aliphatic hydroxyl groups is 2. The Kier molecular flexibility index (Phi) is 8.07. The number of nitrogens with zero attached hydrogens (tertiary/aromatic N) is 2. The first-order valence-corrected chi connectivity index (χ1v) is 11.1. The van der Waals surface area contributed by atoms with Crippen molar-refractivity contribution in [2.75, 3.05) is 32.5 Å². The Balaban J connectivity index is 2.10. The number of anilines is 1. The lowest BCUT2D eigenvalue weighted by Crippen LogP contribution is -2.36. The van der Waals surface area contributed by atoms with E-state index >= 15 is 0 Å². The monoisotopic (exact) mass is 460 g/mol. The highest BCUT2D eigenvalue weighted by Crippen LogP contribution is 2.61. The van der Waals surface area contributed by atoms with Gasteiger partial charge in [0.25, 0.3) is 0 Å². The van der Waals surface area contributed by atoms with Crippen molar-refractivity contribution in [1.29, 1.82) is 0 Å². The Hall–Kier alpha value is -1.22. The Labute approximate surface area is 164 Å². The van der Waals surface area contributed by atoms with Gasteiger partial charge in [0.15, 0.2) is 6.23 Å². The molecular formula is C12H22N4O11P2. The molecule has 1 aromatic rings. The van der Waals surface area contributed by atoms with E-state index in [0.29, 0.717) is 0 Å². The third-order valence-electron chi connectivity index (χ3n) is 3.67. The number of nitrogens with one attached hydrogen (secondary N) is 1. The Morgan fingerprint density at radius 3 is 2.59 bits per heavy atom. The van der Waals surface area contributed by atoms with Crippen molar-refractivity contribution in [3.63, 3.8) is 0 Å². The van der Waals surface area contributed by atoms with Gasteiger partial charge < -0.3 is 35.8 Å². The summed E-state index contributed by atoms with van der Waals surface area (Å²) in [7, 11) is -8.45. The highest BCUT2D eigenvalue weighted by molar-refractivity contribution is 7.61. The van der Waals surface area contributed by atoms with E-state index in [2.05, 4.69) is 14.6 Å². The van der Waals surface area contributed by atoms with Crippen LogP contribution in [0.15, 0.2) is 17.1 Å². The molecule has 0 amide bonds. The molecule has 0 radical (unpaired) electrons. The second-order valence-corrected chi connectivity index (χ2v) is 8.89. The van der Waals surface area contributed by atoms with Gasteiger partial charge in [0.05, 0.1) is 13.2 Å². The van der Waals surface area contributed by atoms with E-state index in [1.165, 1.54) is 12.3 Å². The van der Waals surface area contributed by atoms with Crippen molar-refractivity contribution in [1.82, 2.24) is 14.9 Å². The van der Waals surface area contributed by atoms with E-state index in [1.807, 2.05) is 0 Å². The van der Waals surface area contributed by atoms with Gasteiger partial charge in [-0.25, -0.2) is 13.9 Å². The molecule has 0 spiro atoms. The van der Waals surface area contributed by atoms with Crippen LogP contribution in [0.4, 0.5) is 5.82 Å². The van der Waals surface area contributed by atoms with Gasteiger partial charge in [-0.2, -0.15) is 9.29 Å². The number of aromatic nitrogens is 2. The largest absolute Gasteiger partial charge is 0.483 e. The van der Waals surface area contributed by atoms with Gasteiger partial charge in [-0.1, -0.05) is 0 Å². The number of nitrogens with two attached hydrogens (primary N) is 1. The first-order valence-electron chi connectivity index (χ1n) is 8.12. The minimum Gasteiger partial charge on any atom is -0.387 e. The lowest BCUT2D eigenvalue weighted by Gasteiger charge is -2.21. The van der Waals surface area contributed by atoms with E-state index in [1.54, 1.807) is 7.05 Å². The average molecular weight is 460 g/mol. The normalized spacial score (nSPS) is 27.1. The van der Waals surface area contributed by atoms with Crippen LogP contribution in [0.25, 0.3) is 0 Å². The molecule has 2 heterocycles. The molecule has 1 aromatic heterocycles. The van der Waals surface area contributed by atoms with Crippen molar-refractivity contribution >= 4 is 21.5 Å². The van der Waals surface area contributed by atoms with Gasteiger partial charge in [0.2, 0.25) is 0 Å². The van der Waals surface area contributed by atoms with Crippen LogP contribution in [0.1, 0.15) is 6.23 Å². The molecule has 17 heteroatoms. The molecular weight excluding hydrogens is 438 g/mol. The van der Waals surface area contributed by atoms with E-state index in [0.717, 1.165) is 4.57 Å². The number of likely N-dealkylation sites (N-methyl/N-ethyl adjacent to an activating group) is 1. The van der Waals surface area contributed by atoms with Gasteiger partial charge >= 0.3 is 21.3 Å². The molecule has 7 N–H and O–H groups in total. The van der Waals surface area contributed by atoms with E-state index in [-0.39, 0.29) is 19.0 Å². The molecule has 166 valence electrons. The van der Waals surface area contributed by atoms with Crippen LogP contribution in [0.3, 0.4) is 0 Å². The average Bonchev–Trinajstić information content (AvgIpc) is 2.87. The first kappa shape index (κ1) is 24.1. The lowest BCUT2D eigenvalue weighted by atomic mass is 10.1. The van der Waals surface area contributed by atoms with Crippen LogP contribution in [0.5, 0.6) is 0 Å². The Morgan fingerprint density at radius 1 is 1.31 bits per heavy atom. The number of aliphatic hydroxyl groups excluding tert-OH is 2. The topological polar surface area (TPSA) is 225 Å². The summed E-state index contributed by atoms with van der Waals surface area (Å²) in [6, 6.07) is 1.27. The number of hydrogen-bond acceptors (Lipinski definition) is 12. The number of ether oxygens (including phenoxy) is 1. The number of phosphoric ester groups is 1. The SMILES string of the molecule is CNCCOP(=O)(OC[C@H]1O[C@@H](n2ccc(N)nc2=O)[C@H](O)[C@@H]1O)OP(=O)(O)O. The summed E-state index contributed by atoms with van der Waals surface area (Å²) >= 11 is 0. The van der Waals surface area contributed by atoms with Crippen molar-refractivity contribution in [3.8, 4) is 0 Å². The van der Waals surface area contributed by atoms with Gasteiger partial charge in [-0.05, 0) is 13.1 Å². The maximum atomic E-state index is 12.4. The molecule has 29 heavy (non-hydrogen) atoms. The third kappa shape index (κ3) is 6.64. The molecule has 0 bridgehead atoms. The number of phosphoric acid groups is 2. The number of hydrogen-bond donors (Lipinski definition) is 6. The fraction of sp³-hybridized carbons (Fsp3) is 0.667. The van der Waals surface area contributed by atoms with E-state index < -0.39 is 52.5 Å². The molecule has 0 aromatic carbocycles.